The average Bonchev–Trinajstić information content (AvgIpc) is 3.07. The molecule has 3 aromatic rings. The Bertz CT molecular complexity index is 868. The van der Waals surface area contributed by atoms with E-state index in [4.69, 9.17) is 4.52 Å². The zero-order chi connectivity index (χ0) is 15.6. The lowest BCUT2D eigenvalue weighted by Crippen LogP contribution is -2.08. The molecule has 0 radical (unpaired) electrons. The van der Waals surface area contributed by atoms with E-state index >= 15 is 0 Å². The molecule has 0 N–H and O–H groups in total. The molecule has 0 saturated carbocycles. The zero-order valence-corrected chi connectivity index (χ0v) is 13.5. The van der Waals surface area contributed by atoms with Crippen LogP contribution < -0.4 is 0 Å². The molecule has 1 aromatic carbocycles. The van der Waals surface area contributed by atoms with Gasteiger partial charge < -0.3 is 4.52 Å². The van der Waals surface area contributed by atoms with Crippen molar-refractivity contribution in [3.05, 3.63) is 58.7 Å². The van der Waals surface area contributed by atoms with Crippen LogP contribution in [0.4, 0.5) is 0 Å². The second-order valence-corrected chi connectivity index (χ2v) is 8.03. The quantitative estimate of drug-likeness (QED) is 0.716. The summed E-state index contributed by atoms with van der Waals surface area (Å²) in [5.74, 6) is 0.291. The Morgan fingerprint density at radius 3 is 2.77 bits per heavy atom. The Kier molecular flexibility index (Phi) is 4.08. The molecule has 0 atom stereocenters. The van der Waals surface area contributed by atoms with Gasteiger partial charge in [-0.15, -0.1) is 11.3 Å². The topological polar surface area (TPSA) is 73.1 Å². The number of benzene rings is 1. The van der Waals surface area contributed by atoms with Crippen LogP contribution in [-0.4, -0.2) is 18.6 Å². The summed E-state index contributed by atoms with van der Waals surface area (Å²) in [6.07, 6.45) is 0. The smallest absolute Gasteiger partial charge is 0.268 e. The van der Waals surface area contributed by atoms with E-state index in [0.717, 1.165) is 16.0 Å². The monoisotopic (exact) mass is 334 g/mol. The second kappa shape index (κ2) is 6.02. The first-order chi connectivity index (χ1) is 10.5. The predicted octanol–water partition coefficient (Wildman–Crippen LogP) is 3.22. The minimum atomic E-state index is -3.34. The molecule has 3 rings (SSSR count). The van der Waals surface area contributed by atoms with Crippen LogP contribution in [0.3, 0.4) is 0 Å². The first-order valence-corrected chi connectivity index (χ1v) is 9.34. The summed E-state index contributed by atoms with van der Waals surface area (Å²) >= 11 is 1.47. The number of thiophene rings is 1. The van der Waals surface area contributed by atoms with Gasteiger partial charge in [0.15, 0.2) is 15.7 Å². The third-order valence-corrected chi connectivity index (χ3v) is 5.35. The molecule has 2 aromatic heterocycles. The maximum Gasteiger partial charge on any atom is 0.268 e. The van der Waals surface area contributed by atoms with Gasteiger partial charge in [0.25, 0.3) is 5.89 Å². The molecule has 2 heterocycles. The van der Waals surface area contributed by atoms with Crippen LogP contribution in [0.15, 0.2) is 46.3 Å². The Morgan fingerprint density at radius 2 is 2.05 bits per heavy atom. The maximum absolute atomic E-state index is 12.3. The van der Waals surface area contributed by atoms with E-state index in [1.807, 2.05) is 42.6 Å². The van der Waals surface area contributed by atoms with Crippen LogP contribution in [0.2, 0.25) is 0 Å². The van der Waals surface area contributed by atoms with E-state index in [0.29, 0.717) is 5.89 Å². The van der Waals surface area contributed by atoms with Crippen molar-refractivity contribution in [2.24, 2.45) is 0 Å². The highest BCUT2D eigenvalue weighted by atomic mass is 32.2. The Hall–Kier alpha value is -1.99. The van der Waals surface area contributed by atoms with Crippen LogP contribution >= 0.6 is 11.3 Å². The van der Waals surface area contributed by atoms with Gasteiger partial charge in [-0.2, -0.15) is 4.98 Å². The van der Waals surface area contributed by atoms with E-state index < -0.39 is 9.84 Å². The van der Waals surface area contributed by atoms with Crippen molar-refractivity contribution < 1.29 is 12.9 Å². The first kappa shape index (κ1) is 14.9. The molecule has 0 amide bonds. The molecule has 0 aliphatic rings. The van der Waals surface area contributed by atoms with Crippen LogP contribution in [0.5, 0.6) is 0 Å². The van der Waals surface area contributed by atoms with E-state index in [1.54, 1.807) is 6.07 Å². The van der Waals surface area contributed by atoms with Gasteiger partial charge in [-0.25, -0.2) is 8.42 Å². The fourth-order valence-electron chi connectivity index (χ4n) is 2.12. The highest BCUT2D eigenvalue weighted by Gasteiger charge is 2.18. The molecule has 0 aliphatic heterocycles. The molecule has 114 valence electrons. The summed E-state index contributed by atoms with van der Waals surface area (Å²) in [6.45, 7) is 1.93. The van der Waals surface area contributed by atoms with Gasteiger partial charge in [0.2, 0.25) is 0 Å². The van der Waals surface area contributed by atoms with Crippen molar-refractivity contribution in [2.75, 3.05) is 0 Å². The third kappa shape index (κ3) is 3.61. The van der Waals surface area contributed by atoms with Crippen LogP contribution in [0, 0.1) is 6.92 Å². The largest absolute Gasteiger partial charge is 0.333 e. The van der Waals surface area contributed by atoms with Crippen LogP contribution in [0.1, 0.15) is 17.0 Å². The molecule has 0 aliphatic carbocycles. The minimum Gasteiger partial charge on any atom is -0.333 e. The lowest BCUT2D eigenvalue weighted by Gasteiger charge is -2.03. The molecule has 0 bridgehead atoms. The van der Waals surface area contributed by atoms with Crippen molar-refractivity contribution in [3.63, 3.8) is 0 Å². The Labute approximate surface area is 132 Å². The molecular weight excluding hydrogens is 320 g/mol. The first-order valence-electron chi connectivity index (χ1n) is 6.64. The SMILES string of the molecule is Cc1cccc(CS(=O)(=O)Cc2noc(-c3cccs3)n2)c1. The molecule has 0 saturated heterocycles. The van der Waals surface area contributed by atoms with E-state index in [2.05, 4.69) is 10.1 Å². The van der Waals surface area contributed by atoms with Crippen molar-refractivity contribution in [1.82, 2.24) is 10.1 Å². The van der Waals surface area contributed by atoms with Crippen molar-refractivity contribution in [2.45, 2.75) is 18.4 Å². The second-order valence-electron chi connectivity index (χ2n) is 5.01. The highest BCUT2D eigenvalue weighted by Crippen LogP contribution is 2.23. The molecule has 0 fully saturated rings. The Balaban J connectivity index is 1.74. The van der Waals surface area contributed by atoms with Gasteiger partial charge in [-0.05, 0) is 23.9 Å². The van der Waals surface area contributed by atoms with Gasteiger partial charge in [-0.1, -0.05) is 41.1 Å². The summed E-state index contributed by atoms with van der Waals surface area (Å²) in [7, 11) is -3.34. The summed E-state index contributed by atoms with van der Waals surface area (Å²) in [6, 6.07) is 11.2. The lowest BCUT2D eigenvalue weighted by atomic mass is 10.2. The number of sulfone groups is 1. The third-order valence-electron chi connectivity index (χ3n) is 3.02. The molecule has 7 heteroatoms. The van der Waals surface area contributed by atoms with Crippen molar-refractivity contribution >= 4 is 21.2 Å². The molecule has 0 spiro atoms. The molecular formula is C15H14N2O3S2. The summed E-state index contributed by atoms with van der Waals surface area (Å²) in [4.78, 5) is 4.98. The van der Waals surface area contributed by atoms with Gasteiger partial charge in [-0.3, -0.25) is 0 Å². The fraction of sp³-hybridized carbons (Fsp3) is 0.200. The number of hydrogen-bond donors (Lipinski definition) is 0. The number of aryl methyl sites for hydroxylation is 1. The minimum absolute atomic E-state index is 0.0302. The summed E-state index contributed by atoms with van der Waals surface area (Å²) in [5, 5.41) is 5.65. The number of nitrogens with zero attached hydrogens (tertiary/aromatic N) is 2. The van der Waals surface area contributed by atoms with Crippen LogP contribution in [-0.2, 0) is 21.3 Å². The van der Waals surface area contributed by atoms with E-state index in [9.17, 15) is 8.42 Å². The molecule has 0 unspecified atom stereocenters. The van der Waals surface area contributed by atoms with Gasteiger partial charge in [0.05, 0.1) is 10.6 Å². The molecule has 22 heavy (non-hydrogen) atoms. The lowest BCUT2D eigenvalue weighted by molar-refractivity contribution is 0.425. The predicted molar refractivity (Wildman–Crippen MR) is 85.1 cm³/mol. The number of aromatic nitrogens is 2. The van der Waals surface area contributed by atoms with E-state index in [1.165, 1.54) is 11.3 Å². The standard InChI is InChI=1S/C15H14N2O3S2/c1-11-4-2-5-12(8-11)9-22(18,19)10-14-16-15(20-17-14)13-6-3-7-21-13/h2-8H,9-10H2,1H3. The van der Waals surface area contributed by atoms with Gasteiger partial charge in [0, 0.05) is 0 Å². The van der Waals surface area contributed by atoms with Gasteiger partial charge in [0.1, 0.15) is 5.75 Å². The average molecular weight is 334 g/mol. The normalized spacial score (nSPS) is 11.7. The van der Waals surface area contributed by atoms with Crippen LogP contribution in [0.25, 0.3) is 10.8 Å². The fourth-order valence-corrected chi connectivity index (χ4v) is 4.06. The van der Waals surface area contributed by atoms with Gasteiger partial charge >= 0.3 is 0 Å². The number of rotatable bonds is 5. The summed E-state index contributed by atoms with van der Waals surface area (Å²) < 4.78 is 29.6. The van der Waals surface area contributed by atoms with E-state index in [-0.39, 0.29) is 17.3 Å². The molecule has 5 nitrogen and oxygen atoms in total. The maximum atomic E-state index is 12.3. The van der Waals surface area contributed by atoms with Crippen molar-refractivity contribution in [1.29, 1.82) is 0 Å². The zero-order valence-electron chi connectivity index (χ0n) is 11.9. The highest BCUT2D eigenvalue weighted by molar-refractivity contribution is 7.89. The van der Waals surface area contributed by atoms with Crippen molar-refractivity contribution in [3.8, 4) is 10.8 Å². The Morgan fingerprint density at radius 1 is 1.18 bits per heavy atom. The number of hydrogen-bond acceptors (Lipinski definition) is 6. The summed E-state index contributed by atoms with van der Waals surface area (Å²) in [5.41, 5.74) is 1.80.